The Morgan fingerprint density at radius 1 is 1.22 bits per heavy atom. The van der Waals surface area contributed by atoms with Crippen molar-refractivity contribution in [2.45, 2.75) is 37.5 Å². The van der Waals surface area contributed by atoms with Crippen LogP contribution in [0.1, 0.15) is 18.4 Å². The zero-order chi connectivity index (χ0) is 18.6. The summed E-state index contributed by atoms with van der Waals surface area (Å²) >= 11 is 1.42. The van der Waals surface area contributed by atoms with Gasteiger partial charge in [-0.1, -0.05) is 6.07 Å². The zero-order valence-corrected chi connectivity index (χ0v) is 15.1. The summed E-state index contributed by atoms with van der Waals surface area (Å²) in [5.41, 5.74) is 1.47. The molecule has 0 saturated carbocycles. The van der Waals surface area contributed by atoms with Gasteiger partial charge in [0.2, 0.25) is 0 Å². The molecule has 2 bridgehead atoms. The fraction of sp³-hybridized carbons (Fsp3) is 0.444. The van der Waals surface area contributed by atoms with E-state index in [1.807, 2.05) is 10.3 Å². The van der Waals surface area contributed by atoms with Crippen molar-refractivity contribution in [3.8, 4) is 10.6 Å². The van der Waals surface area contributed by atoms with Crippen LogP contribution < -0.4 is 10.2 Å². The first kappa shape index (κ1) is 17.0. The van der Waals surface area contributed by atoms with Crippen molar-refractivity contribution in [1.82, 2.24) is 15.3 Å². The molecule has 5 nitrogen and oxygen atoms in total. The zero-order valence-electron chi connectivity index (χ0n) is 14.3. The van der Waals surface area contributed by atoms with Crippen LogP contribution in [0.5, 0.6) is 0 Å². The van der Waals surface area contributed by atoms with E-state index in [1.165, 1.54) is 17.4 Å². The van der Waals surface area contributed by atoms with Gasteiger partial charge in [0.1, 0.15) is 10.5 Å². The van der Waals surface area contributed by atoms with E-state index in [2.05, 4.69) is 15.3 Å². The number of aromatic nitrogens is 2. The average Bonchev–Trinajstić information content (AvgIpc) is 3.34. The van der Waals surface area contributed by atoms with E-state index < -0.39 is 12.6 Å². The van der Waals surface area contributed by atoms with Gasteiger partial charge in [0.25, 0.3) is 6.01 Å². The lowest BCUT2D eigenvalue weighted by Crippen LogP contribution is -2.51. The average molecular weight is 394 g/mol. The van der Waals surface area contributed by atoms with Gasteiger partial charge in [-0.3, -0.25) is 0 Å². The molecule has 27 heavy (non-hydrogen) atoms. The Kier molecular flexibility index (Phi) is 3.90. The molecule has 2 aliphatic heterocycles. The van der Waals surface area contributed by atoms with E-state index in [9.17, 15) is 13.2 Å². The highest BCUT2D eigenvalue weighted by molar-refractivity contribution is 7.13. The quantitative estimate of drug-likeness (QED) is 0.728. The van der Waals surface area contributed by atoms with Gasteiger partial charge in [0.05, 0.1) is 12.0 Å². The van der Waals surface area contributed by atoms with E-state index in [4.69, 9.17) is 4.42 Å². The smallest absolute Gasteiger partial charge is 0.393 e. The molecule has 0 aliphatic carbocycles. The van der Waals surface area contributed by atoms with Crippen molar-refractivity contribution >= 4 is 28.5 Å². The maximum atomic E-state index is 13.0. The maximum absolute atomic E-state index is 13.0. The molecule has 9 heteroatoms. The van der Waals surface area contributed by atoms with Crippen molar-refractivity contribution in [3.63, 3.8) is 0 Å². The molecule has 2 atom stereocenters. The van der Waals surface area contributed by atoms with Crippen molar-refractivity contribution < 1.29 is 17.6 Å². The van der Waals surface area contributed by atoms with Crippen LogP contribution in [0, 0.1) is 0 Å². The summed E-state index contributed by atoms with van der Waals surface area (Å²) in [6.07, 6.45) is -1.46. The Morgan fingerprint density at radius 3 is 2.67 bits per heavy atom. The first-order chi connectivity index (χ1) is 13.0. The van der Waals surface area contributed by atoms with Crippen LogP contribution in [0.25, 0.3) is 21.7 Å². The normalized spacial score (nSPS) is 22.7. The highest BCUT2D eigenvalue weighted by atomic mass is 32.1. The minimum absolute atomic E-state index is 0.130. The third-order valence-electron chi connectivity index (χ3n) is 5.16. The molecule has 4 heterocycles. The fourth-order valence-corrected chi connectivity index (χ4v) is 4.68. The Bertz CT molecular complexity index is 957. The van der Waals surface area contributed by atoms with E-state index in [0.29, 0.717) is 34.3 Å². The lowest BCUT2D eigenvalue weighted by molar-refractivity contribution is -0.127. The Hall–Kier alpha value is -2.13. The number of hydrogen-bond donors (Lipinski definition) is 1. The second-order valence-corrected chi connectivity index (χ2v) is 8.01. The summed E-state index contributed by atoms with van der Waals surface area (Å²) in [5, 5.41) is 6.07. The van der Waals surface area contributed by atoms with Crippen molar-refractivity contribution in [1.29, 1.82) is 0 Å². The number of nitrogens with zero attached hydrogens (tertiary/aromatic N) is 3. The fourth-order valence-electron chi connectivity index (χ4n) is 4.02. The van der Waals surface area contributed by atoms with Gasteiger partial charge in [0, 0.05) is 36.8 Å². The number of alkyl halides is 3. The van der Waals surface area contributed by atoms with Crippen LogP contribution in [-0.4, -0.2) is 41.3 Å². The summed E-state index contributed by atoms with van der Waals surface area (Å²) in [4.78, 5) is 10.8. The lowest BCUT2D eigenvalue weighted by Gasteiger charge is -2.31. The minimum atomic E-state index is -4.30. The maximum Gasteiger partial charge on any atom is 0.393 e. The molecule has 2 fully saturated rings. The Labute approximate surface area is 157 Å². The topological polar surface area (TPSA) is 54.2 Å². The molecular formula is C18H17F3N4OS. The predicted molar refractivity (Wildman–Crippen MR) is 97.0 cm³/mol. The van der Waals surface area contributed by atoms with Gasteiger partial charge in [-0.15, -0.1) is 11.3 Å². The number of halogens is 3. The highest BCUT2D eigenvalue weighted by Crippen LogP contribution is 2.37. The summed E-state index contributed by atoms with van der Waals surface area (Å²) < 4.78 is 45.1. The van der Waals surface area contributed by atoms with Gasteiger partial charge in [-0.2, -0.15) is 18.2 Å². The number of oxazole rings is 1. The highest BCUT2D eigenvalue weighted by Gasteiger charge is 2.35. The molecule has 1 N–H and O–H groups in total. The number of benzene rings is 1. The van der Waals surface area contributed by atoms with Gasteiger partial charge < -0.3 is 14.6 Å². The predicted octanol–water partition coefficient (Wildman–Crippen LogP) is 4.00. The van der Waals surface area contributed by atoms with Crippen LogP contribution in [0.15, 0.2) is 28.1 Å². The van der Waals surface area contributed by atoms with E-state index in [0.717, 1.165) is 25.9 Å². The molecular weight excluding hydrogens is 377 g/mol. The second-order valence-electron chi connectivity index (χ2n) is 7.12. The molecule has 1 aromatic carbocycles. The van der Waals surface area contributed by atoms with Crippen LogP contribution in [0.3, 0.4) is 0 Å². The summed E-state index contributed by atoms with van der Waals surface area (Å²) in [7, 11) is 0. The number of rotatable bonds is 3. The Morgan fingerprint density at radius 2 is 2.00 bits per heavy atom. The molecule has 2 saturated heterocycles. The SMILES string of the molecule is FC(F)(F)Cc1ccc(-c2nccs2)c2oc(N3CC4CCC(C3)N4)nc12. The molecule has 5 rings (SSSR count). The number of piperazine rings is 1. The molecule has 2 aromatic heterocycles. The van der Waals surface area contributed by atoms with Crippen LogP contribution >= 0.6 is 11.3 Å². The number of nitrogens with one attached hydrogen (secondary N) is 1. The number of fused-ring (bicyclic) bond motifs is 3. The first-order valence-electron chi connectivity index (χ1n) is 8.86. The standard InChI is InChI=1S/C18H17F3N4OS/c19-18(20,21)7-10-1-4-13(16-22-5-6-27-16)15-14(10)24-17(26-15)25-8-11-2-3-12(9-25)23-11/h1,4-6,11-12,23H,2-3,7-9H2. The number of hydrogen-bond acceptors (Lipinski definition) is 6. The number of anilines is 1. The summed E-state index contributed by atoms with van der Waals surface area (Å²) in [6, 6.07) is 4.30. The molecule has 0 spiro atoms. The third kappa shape index (κ3) is 3.19. The van der Waals surface area contributed by atoms with Gasteiger partial charge in [0.15, 0.2) is 5.58 Å². The first-order valence-corrected chi connectivity index (χ1v) is 9.74. The lowest BCUT2D eigenvalue weighted by atomic mass is 10.1. The van der Waals surface area contributed by atoms with Gasteiger partial charge in [-0.05, 0) is 24.5 Å². The largest absolute Gasteiger partial charge is 0.423 e. The second kappa shape index (κ2) is 6.20. The molecule has 142 valence electrons. The summed E-state index contributed by atoms with van der Waals surface area (Å²) in [5.74, 6) is 0. The minimum Gasteiger partial charge on any atom is -0.423 e. The monoisotopic (exact) mass is 394 g/mol. The molecule has 3 aromatic rings. The van der Waals surface area contributed by atoms with Gasteiger partial charge in [-0.25, -0.2) is 4.98 Å². The van der Waals surface area contributed by atoms with E-state index >= 15 is 0 Å². The van der Waals surface area contributed by atoms with Crippen LogP contribution in [0.2, 0.25) is 0 Å². The molecule has 2 aliphatic rings. The Balaban J connectivity index is 1.61. The third-order valence-corrected chi connectivity index (χ3v) is 5.96. The van der Waals surface area contributed by atoms with Crippen molar-refractivity contribution in [2.24, 2.45) is 0 Å². The molecule has 0 amide bonds. The van der Waals surface area contributed by atoms with Crippen molar-refractivity contribution in [2.75, 3.05) is 18.0 Å². The van der Waals surface area contributed by atoms with Crippen molar-refractivity contribution in [3.05, 3.63) is 29.3 Å². The van der Waals surface area contributed by atoms with Crippen LogP contribution in [0.4, 0.5) is 19.2 Å². The van der Waals surface area contributed by atoms with Gasteiger partial charge >= 0.3 is 6.18 Å². The molecule has 0 radical (unpaired) electrons. The van der Waals surface area contributed by atoms with Crippen LogP contribution in [-0.2, 0) is 6.42 Å². The van der Waals surface area contributed by atoms with E-state index in [1.54, 1.807) is 12.3 Å². The summed E-state index contributed by atoms with van der Waals surface area (Å²) in [6.45, 7) is 1.51. The molecule has 2 unspecified atom stereocenters. The number of thiazole rings is 1. The van der Waals surface area contributed by atoms with E-state index in [-0.39, 0.29) is 11.1 Å².